The largest absolute Gasteiger partial charge is 0.461 e. The van der Waals surface area contributed by atoms with E-state index in [4.69, 9.17) is 31.0 Å². The molecular weight excluding hydrogens is 529 g/mol. The summed E-state index contributed by atoms with van der Waals surface area (Å²) in [4.78, 5) is 14.5. The lowest BCUT2D eigenvalue weighted by Gasteiger charge is -2.37. The summed E-state index contributed by atoms with van der Waals surface area (Å²) in [5.74, 6) is 0.868. The molecule has 7 rings (SSSR count). The van der Waals surface area contributed by atoms with Crippen molar-refractivity contribution in [1.82, 2.24) is 14.9 Å². The van der Waals surface area contributed by atoms with Crippen LogP contribution >= 0.6 is 11.6 Å². The highest BCUT2D eigenvalue weighted by Crippen LogP contribution is 2.49. The average Bonchev–Trinajstić information content (AvgIpc) is 3.52. The summed E-state index contributed by atoms with van der Waals surface area (Å²) in [7, 11) is 0. The number of alkyl halides is 1. The number of benzene rings is 1. The van der Waals surface area contributed by atoms with Crippen molar-refractivity contribution in [2.45, 2.75) is 81.7 Å². The molecule has 0 amide bonds. The Morgan fingerprint density at radius 3 is 2.98 bits per heavy atom. The second-order valence-corrected chi connectivity index (χ2v) is 12.5. The van der Waals surface area contributed by atoms with Crippen molar-refractivity contribution < 1.29 is 13.9 Å². The van der Waals surface area contributed by atoms with Crippen LogP contribution in [0.5, 0.6) is 6.01 Å². The van der Waals surface area contributed by atoms with Gasteiger partial charge in [-0.3, -0.25) is 4.90 Å². The molecule has 0 N–H and O–H groups in total. The van der Waals surface area contributed by atoms with E-state index in [-0.39, 0.29) is 5.54 Å². The lowest BCUT2D eigenvalue weighted by molar-refractivity contribution is -0.0730. The molecule has 210 valence electrons. The third-order valence-electron chi connectivity index (χ3n) is 9.81. The summed E-state index contributed by atoms with van der Waals surface area (Å²) < 4.78 is 27.5. The van der Waals surface area contributed by atoms with Crippen LogP contribution < -0.4 is 9.64 Å². The number of nitrogens with zero attached hydrogens (tertiary/aromatic N) is 5. The highest BCUT2D eigenvalue weighted by Gasteiger charge is 2.50. The van der Waals surface area contributed by atoms with E-state index in [1.165, 1.54) is 11.1 Å². The fourth-order valence-electron chi connectivity index (χ4n) is 7.79. The molecular formula is C31H35ClFN5O2. The normalized spacial score (nSPS) is 30.7. The van der Waals surface area contributed by atoms with E-state index in [9.17, 15) is 9.65 Å². The third kappa shape index (κ3) is 4.47. The van der Waals surface area contributed by atoms with Gasteiger partial charge in [-0.05, 0) is 68.7 Å². The van der Waals surface area contributed by atoms with E-state index in [0.717, 1.165) is 92.2 Å². The Balaban J connectivity index is 1.23. The Morgan fingerprint density at radius 2 is 2.08 bits per heavy atom. The molecule has 2 aromatic rings. The van der Waals surface area contributed by atoms with Gasteiger partial charge in [0, 0.05) is 49.1 Å². The maximum absolute atomic E-state index is 14.4. The molecule has 1 aromatic heterocycles. The van der Waals surface area contributed by atoms with Crippen LogP contribution in [0.15, 0.2) is 29.8 Å². The minimum absolute atomic E-state index is 0.260. The number of anilines is 1. The summed E-state index contributed by atoms with van der Waals surface area (Å²) in [6.07, 6.45) is 8.50. The summed E-state index contributed by atoms with van der Waals surface area (Å²) in [6, 6.07) is 8.66. The molecule has 1 aliphatic carbocycles. The summed E-state index contributed by atoms with van der Waals surface area (Å²) in [5, 5.41) is 9.97. The molecule has 7 nitrogen and oxygen atoms in total. The first-order valence-corrected chi connectivity index (χ1v) is 15.0. The number of hydrogen-bond donors (Lipinski definition) is 0. The first-order chi connectivity index (χ1) is 19.5. The maximum Gasteiger partial charge on any atom is 0.318 e. The van der Waals surface area contributed by atoms with Gasteiger partial charge >= 0.3 is 6.01 Å². The van der Waals surface area contributed by atoms with Gasteiger partial charge in [0.2, 0.25) is 0 Å². The summed E-state index contributed by atoms with van der Waals surface area (Å²) >= 11 is 6.57. The van der Waals surface area contributed by atoms with Gasteiger partial charge in [-0.2, -0.15) is 15.2 Å². The second-order valence-electron chi connectivity index (χ2n) is 12.1. The molecule has 9 heteroatoms. The van der Waals surface area contributed by atoms with Gasteiger partial charge in [0.25, 0.3) is 0 Å². The Morgan fingerprint density at radius 1 is 1.15 bits per heavy atom. The first-order valence-electron chi connectivity index (χ1n) is 14.6. The second kappa shape index (κ2) is 10.3. The van der Waals surface area contributed by atoms with Gasteiger partial charge in [0.05, 0.1) is 29.5 Å². The van der Waals surface area contributed by atoms with Crippen LogP contribution in [0.1, 0.15) is 67.3 Å². The summed E-state index contributed by atoms with van der Waals surface area (Å²) in [5.41, 5.74) is 4.79. The van der Waals surface area contributed by atoms with Crippen LogP contribution in [0.3, 0.4) is 0 Å². The van der Waals surface area contributed by atoms with E-state index in [2.05, 4.69) is 21.9 Å². The van der Waals surface area contributed by atoms with Crippen molar-refractivity contribution in [3.63, 3.8) is 0 Å². The zero-order valence-electron chi connectivity index (χ0n) is 22.8. The number of rotatable bonds is 4. The molecule has 4 aliphatic heterocycles. The van der Waals surface area contributed by atoms with E-state index in [0.29, 0.717) is 38.6 Å². The zero-order chi connectivity index (χ0) is 27.3. The number of aromatic nitrogens is 2. The zero-order valence-corrected chi connectivity index (χ0v) is 23.6. The van der Waals surface area contributed by atoms with E-state index >= 15 is 0 Å². The van der Waals surface area contributed by atoms with Crippen molar-refractivity contribution in [2.75, 3.05) is 37.7 Å². The molecule has 3 saturated heterocycles. The molecule has 3 fully saturated rings. The molecule has 1 spiro atoms. The van der Waals surface area contributed by atoms with Gasteiger partial charge in [0.1, 0.15) is 18.6 Å². The minimum atomic E-state index is -0.803. The van der Waals surface area contributed by atoms with Gasteiger partial charge in [0.15, 0.2) is 0 Å². The molecule has 0 bridgehead atoms. The Hall–Kier alpha value is -2.73. The van der Waals surface area contributed by atoms with Crippen molar-refractivity contribution >= 4 is 17.4 Å². The number of halogens is 2. The predicted molar refractivity (Wildman–Crippen MR) is 150 cm³/mol. The SMILES string of the molecule is N#CC=C1CCCN(c2nc(OC[C@@]34CCCN3C[C@H](F)C4)nc3c2COC2(CCc4c(Cl)cccc42)C3)CC1. The molecule has 0 saturated carbocycles. The number of ether oxygens (including phenoxy) is 2. The van der Waals surface area contributed by atoms with E-state index < -0.39 is 11.8 Å². The highest BCUT2D eigenvalue weighted by atomic mass is 35.5. The van der Waals surface area contributed by atoms with Crippen LogP contribution in [0.25, 0.3) is 0 Å². The molecule has 40 heavy (non-hydrogen) atoms. The maximum atomic E-state index is 14.4. The quantitative estimate of drug-likeness (QED) is 0.459. The molecule has 5 heterocycles. The van der Waals surface area contributed by atoms with Crippen LogP contribution in [-0.2, 0) is 29.8 Å². The smallest absolute Gasteiger partial charge is 0.318 e. The molecule has 0 radical (unpaired) electrons. The van der Waals surface area contributed by atoms with E-state index in [1.54, 1.807) is 6.08 Å². The standard InChI is InChI=1S/C31H35ClFN5O2/c32-26-6-1-5-25-23(26)7-11-31(25)17-27-24(19-40-31)28(37-13-2-4-21(8-12-34)9-15-37)36-29(35-27)39-20-30-10-3-14-38(30)18-22(33)16-30/h1,5-6,8,22H,2-4,7,9-11,13-20H2/t22-,30+,31?/m1/s1. The Bertz CT molecular complexity index is 1390. The number of fused-ring (bicyclic) bond motifs is 4. The lowest BCUT2D eigenvalue weighted by atomic mass is 9.87. The topological polar surface area (TPSA) is 74.5 Å². The van der Waals surface area contributed by atoms with Crippen molar-refractivity contribution in [2.24, 2.45) is 0 Å². The van der Waals surface area contributed by atoms with Crippen LogP contribution in [0, 0.1) is 11.3 Å². The lowest BCUT2D eigenvalue weighted by Crippen LogP contribution is -2.43. The summed E-state index contributed by atoms with van der Waals surface area (Å²) in [6.45, 7) is 3.87. The monoisotopic (exact) mass is 563 g/mol. The van der Waals surface area contributed by atoms with Gasteiger partial charge in [-0.25, -0.2) is 4.39 Å². The fraction of sp³-hybridized carbons (Fsp3) is 0.581. The minimum Gasteiger partial charge on any atom is -0.461 e. The molecule has 3 atom stereocenters. The van der Waals surface area contributed by atoms with Crippen molar-refractivity contribution in [3.8, 4) is 12.1 Å². The van der Waals surface area contributed by atoms with Crippen LogP contribution in [0.4, 0.5) is 10.2 Å². The number of allylic oxidation sites excluding steroid dienone is 1. The third-order valence-corrected chi connectivity index (χ3v) is 10.2. The van der Waals surface area contributed by atoms with E-state index in [1.807, 2.05) is 12.1 Å². The Labute approximate surface area is 239 Å². The van der Waals surface area contributed by atoms with Gasteiger partial charge in [-0.15, -0.1) is 0 Å². The number of nitriles is 1. The van der Waals surface area contributed by atoms with Crippen LogP contribution in [-0.4, -0.2) is 59.4 Å². The average molecular weight is 564 g/mol. The Kier molecular flexibility index (Phi) is 6.73. The first kappa shape index (κ1) is 26.2. The van der Waals surface area contributed by atoms with Crippen molar-refractivity contribution in [3.05, 3.63) is 57.3 Å². The fourth-order valence-corrected chi connectivity index (χ4v) is 8.06. The molecule has 1 aromatic carbocycles. The molecule has 5 aliphatic rings. The highest BCUT2D eigenvalue weighted by molar-refractivity contribution is 6.31. The predicted octanol–water partition coefficient (Wildman–Crippen LogP) is 5.44. The van der Waals surface area contributed by atoms with Gasteiger partial charge < -0.3 is 14.4 Å². The van der Waals surface area contributed by atoms with Crippen LogP contribution in [0.2, 0.25) is 5.02 Å². The number of hydrogen-bond acceptors (Lipinski definition) is 7. The van der Waals surface area contributed by atoms with Crippen molar-refractivity contribution in [1.29, 1.82) is 5.26 Å². The molecule has 1 unspecified atom stereocenters. The van der Waals surface area contributed by atoms with Gasteiger partial charge in [-0.1, -0.05) is 29.3 Å².